The van der Waals surface area contributed by atoms with E-state index in [0.717, 1.165) is 11.1 Å². The number of carbonyl (C=O) groups is 1. The Morgan fingerprint density at radius 1 is 1.11 bits per heavy atom. The van der Waals surface area contributed by atoms with Gasteiger partial charge in [0.2, 0.25) is 5.91 Å². The Morgan fingerprint density at radius 2 is 1.85 bits per heavy atom. The molecule has 0 fully saturated rings. The molecule has 2 aromatic carbocycles. The van der Waals surface area contributed by atoms with Crippen molar-refractivity contribution >= 4 is 23.2 Å². The van der Waals surface area contributed by atoms with Crippen LogP contribution < -0.4 is 10.9 Å². The zero-order valence-corrected chi connectivity index (χ0v) is 16.0. The minimum atomic E-state index is -0.298. The minimum Gasteiger partial charge on any atom is -0.324 e. The first-order chi connectivity index (χ1) is 12.9. The number of benzene rings is 2. The molecule has 0 radical (unpaired) electrons. The molecule has 1 N–H and O–H groups in total. The summed E-state index contributed by atoms with van der Waals surface area (Å²) in [5.41, 5.74) is 3.70. The van der Waals surface area contributed by atoms with Crippen LogP contribution in [0, 0.1) is 13.8 Å². The van der Waals surface area contributed by atoms with Crippen molar-refractivity contribution in [3.05, 3.63) is 92.4 Å². The Bertz CT molecular complexity index is 1030. The molecule has 0 aliphatic carbocycles. The maximum Gasteiger partial charge on any atom is 0.270 e. The highest BCUT2D eigenvalue weighted by atomic mass is 35.5. The van der Waals surface area contributed by atoms with Crippen molar-refractivity contribution in [3.8, 4) is 0 Å². The number of anilines is 1. The van der Waals surface area contributed by atoms with Crippen LogP contribution in [0.3, 0.4) is 0 Å². The zero-order chi connectivity index (χ0) is 19.4. The predicted octanol–water partition coefficient (Wildman–Crippen LogP) is 3.74. The molecule has 0 bridgehead atoms. The van der Waals surface area contributed by atoms with Crippen molar-refractivity contribution in [2.45, 2.75) is 26.8 Å². The molecule has 3 rings (SSSR count). The number of nitrogens with one attached hydrogen (secondary N) is 1. The molecule has 0 atom stereocenters. The maximum atomic E-state index is 12.7. The number of halogens is 1. The number of hydrogen-bond donors (Lipinski definition) is 1. The standard InChI is InChI=1S/C21H20ClN3O2/c1-14-6-8-19(9-7-14)23-20(26)13-25-21(27)17(10-15(2)24-25)11-16-4-3-5-18(22)12-16/h3-10,12H,11,13H2,1-2H3,(H,23,26). The fourth-order valence-corrected chi connectivity index (χ4v) is 3.03. The van der Waals surface area contributed by atoms with E-state index < -0.39 is 0 Å². The third-order valence-electron chi connectivity index (χ3n) is 4.08. The maximum absolute atomic E-state index is 12.7. The summed E-state index contributed by atoms with van der Waals surface area (Å²) in [7, 11) is 0. The van der Waals surface area contributed by atoms with Gasteiger partial charge in [-0.3, -0.25) is 9.59 Å². The lowest BCUT2D eigenvalue weighted by Gasteiger charge is -2.10. The number of hydrogen-bond acceptors (Lipinski definition) is 3. The molecule has 0 unspecified atom stereocenters. The minimum absolute atomic E-state index is 0.142. The number of aryl methyl sites for hydroxylation is 2. The molecule has 0 aliphatic heterocycles. The van der Waals surface area contributed by atoms with Crippen LogP contribution in [-0.2, 0) is 17.8 Å². The lowest BCUT2D eigenvalue weighted by molar-refractivity contribution is -0.117. The van der Waals surface area contributed by atoms with Gasteiger partial charge in [0.05, 0.1) is 5.69 Å². The van der Waals surface area contributed by atoms with Gasteiger partial charge in [0, 0.05) is 22.7 Å². The van der Waals surface area contributed by atoms with Crippen molar-refractivity contribution in [2.75, 3.05) is 5.32 Å². The second kappa shape index (κ2) is 8.18. The van der Waals surface area contributed by atoms with Crippen molar-refractivity contribution in [2.24, 2.45) is 0 Å². The molecule has 138 valence electrons. The fourth-order valence-electron chi connectivity index (χ4n) is 2.82. The summed E-state index contributed by atoms with van der Waals surface area (Å²) in [5.74, 6) is -0.298. The summed E-state index contributed by atoms with van der Waals surface area (Å²) in [6, 6.07) is 16.6. The van der Waals surface area contributed by atoms with Gasteiger partial charge in [-0.1, -0.05) is 41.4 Å². The summed E-state index contributed by atoms with van der Waals surface area (Å²) in [4.78, 5) is 25.0. The fraction of sp³-hybridized carbons (Fsp3) is 0.190. The van der Waals surface area contributed by atoms with E-state index in [1.54, 1.807) is 19.1 Å². The monoisotopic (exact) mass is 381 g/mol. The molecule has 0 saturated heterocycles. The summed E-state index contributed by atoms with van der Waals surface area (Å²) >= 11 is 6.02. The predicted molar refractivity (Wildman–Crippen MR) is 107 cm³/mol. The molecule has 0 spiro atoms. The Balaban J connectivity index is 1.79. The van der Waals surface area contributed by atoms with E-state index in [0.29, 0.717) is 28.4 Å². The van der Waals surface area contributed by atoms with Gasteiger partial charge in [0.25, 0.3) is 5.56 Å². The van der Waals surface area contributed by atoms with Crippen molar-refractivity contribution in [3.63, 3.8) is 0 Å². The van der Waals surface area contributed by atoms with Gasteiger partial charge < -0.3 is 5.32 Å². The van der Waals surface area contributed by atoms with E-state index in [9.17, 15) is 9.59 Å². The smallest absolute Gasteiger partial charge is 0.270 e. The van der Waals surface area contributed by atoms with Gasteiger partial charge in [-0.05, 0) is 49.7 Å². The normalized spacial score (nSPS) is 10.6. The molecule has 27 heavy (non-hydrogen) atoms. The number of nitrogens with zero attached hydrogens (tertiary/aromatic N) is 2. The van der Waals surface area contributed by atoms with E-state index in [2.05, 4.69) is 10.4 Å². The highest BCUT2D eigenvalue weighted by molar-refractivity contribution is 6.30. The van der Waals surface area contributed by atoms with E-state index in [1.165, 1.54) is 4.68 Å². The summed E-state index contributed by atoms with van der Waals surface area (Å²) in [6.07, 6.45) is 0.433. The highest BCUT2D eigenvalue weighted by Crippen LogP contribution is 2.13. The van der Waals surface area contributed by atoms with Crippen LogP contribution in [0.15, 0.2) is 59.4 Å². The van der Waals surface area contributed by atoms with Gasteiger partial charge in [0.15, 0.2) is 0 Å². The van der Waals surface area contributed by atoms with Gasteiger partial charge in [-0.25, -0.2) is 4.68 Å². The quantitative estimate of drug-likeness (QED) is 0.732. The molecule has 1 heterocycles. The van der Waals surface area contributed by atoms with Crippen LogP contribution in [0.25, 0.3) is 0 Å². The molecule has 1 aromatic heterocycles. The molecule has 0 aliphatic rings. The first kappa shape index (κ1) is 18.9. The Hall–Kier alpha value is -2.92. The second-order valence-corrected chi connectivity index (χ2v) is 6.93. The Kier molecular flexibility index (Phi) is 5.72. The SMILES string of the molecule is Cc1ccc(NC(=O)Cn2nc(C)cc(Cc3cccc(Cl)c3)c2=O)cc1. The summed E-state index contributed by atoms with van der Waals surface area (Å²) < 4.78 is 1.21. The summed E-state index contributed by atoms with van der Waals surface area (Å²) in [5, 5.41) is 7.61. The third-order valence-corrected chi connectivity index (χ3v) is 4.32. The van der Waals surface area contributed by atoms with Crippen LogP contribution in [0.5, 0.6) is 0 Å². The average Bonchev–Trinajstić information content (AvgIpc) is 2.61. The number of aromatic nitrogens is 2. The first-order valence-electron chi connectivity index (χ1n) is 8.59. The number of amides is 1. The number of carbonyl (C=O) groups excluding carboxylic acids is 1. The van der Waals surface area contributed by atoms with Gasteiger partial charge >= 0.3 is 0 Å². The highest BCUT2D eigenvalue weighted by Gasteiger charge is 2.11. The lowest BCUT2D eigenvalue weighted by Crippen LogP contribution is -2.32. The van der Waals surface area contributed by atoms with E-state index in [1.807, 2.05) is 49.4 Å². The second-order valence-electron chi connectivity index (χ2n) is 6.49. The van der Waals surface area contributed by atoms with Crippen LogP contribution in [-0.4, -0.2) is 15.7 Å². The van der Waals surface area contributed by atoms with Gasteiger partial charge in [0.1, 0.15) is 6.54 Å². The topological polar surface area (TPSA) is 64.0 Å². The van der Waals surface area contributed by atoms with Crippen LogP contribution in [0.1, 0.15) is 22.4 Å². The molecular weight excluding hydrogens is 362 g/mol. The van der Waals surface area contributed by atoms with Gasteiger partial charge in [-0.15, -0.1) is 0 Å². The van der Waals surface area contributed by atoms with E-state index in [-0.39, 0.29) is 18.0 Å². The summed E-state index contributed by atoms with van der Waals surface area (Å²) in [6.45, 7) is 3.63. The average molecular weight is 382 g/mol. The van der Waals surface area contributed by atoms with Crippen molar-refractivity contribution in [1.82, 2.24) is 9.78 Å². The first-order valence-corrected chi connectivity index (χ1v) is 8.97. The van der Waals surface area contributed by atoms with Gasteiger partial charge in [-0.2, -0.15) is 5.10 Å². The van der Waals surface area contributed by atoms with Crippen LogP contribution >= 0.6 is 11.6 Å². The Labute approximate surface area is 162 Å². The van der Waals surface area contributed by atoms with E-state index in [4.69, 9.17) is 11.6 Å². The lowest BCUT2D eigenvalue weighted by atomic mass is 10.1. The molecular formula is C21H20ClN3O2. The zero-order valence-electron chi connectivity index (χ0n) is 15.2. The molecule has 0 saturated carbocycles. The molecule has 6 heteroatoms. The van der Waals surface area contributed by atoms with Crippen molar-refractivity contribution < 1.29 is 4.79 Å². The number of rotatable bonds is 5. The Morgan fingerprint density at radius 3 is 2.56 bits per heavy atom. The molecule has 5 nitrogen and oxygen atoms in total. The third kappa shape index (κ3) is 5.05. The van der Waals surface area contributed by atoms with Crippen molar-refractivity contribution in [1.29, 1.82) is 0 Å². The van der Waals surface area contributed by atoms with Crippen LogP contribution in [0.4, 0.5) is 5.69 Å². The molecule has 1 amide bonds. The van der Waals surface area contributed by atoms with Crippen LogP contribution in [0.2, 0.25) is 5.02 Å². The molecule has 3 aromatic rings. The largest absolute Gasteiger partial charge is 0.324 e. The van der Waals surface area contributed by atoms with E-state index >= 15 is 0 Å².